The van der Waals surface area contributed by atoms with E-state index < -0.39 is 0 Å². The Kier molecular flexibility index (Phi) is 10.4. The Hall–Kier alpha value is 0.730. The molecule has 0 aromatic rings. The molecule has 0 aliphatic heterocycles. The van der Waals surface area contributed by atoms with Gasteiger partial charge in [0.1, 0.15) is 0 Å². The number of halogens is 1. The molecule has 0 nitrogen and oxygen atoms in total. The molecule has 0 aromatic heterocycles. The number of alkyl halides is 1. The molecule has 0 aliphatic carbocycles. The molecule has 0 saturated heterocycles. The van der Waals surface area contributed by atoms with Crippen molar-refractivity contribution in [1.82, 2.24) is 0 Å². The second-order valence-electron chi connectivity index (χ2n) is 5.62. The summed E-state index contributed by atoms with van der Waals surface area (Å²) < 4.78 is 1.32. The molecule has 0 rings (SSSR count). The van der Waals surface area contributed by atoms with Crippen LogP contribution in [0.3, 0.4) is 0 Å². The van der Waals surface area contributed by atoms with Crippen LogP contribution in [0.1, 0.15) is 66.2 Å². The molecule has 0 fully saturated rings. The van der Waals surface area contributed by atoms with Gasteiger partial charge in [-0.05, 0) is 24.2 Å². The second kappa shape index (κ2) is 9.92. The first kappa shape index (κ1) is 15.7. The quantitative estimate of drug-likeness (QED) is 0.377. The van der Waals surface area contributed by atoms with Crippen LogP contribution in [0.2, 0.25) is 0 Å². The summed E-state index contributed by atoms with van der Waals surface area (Å²) in [6.45, 7) is 9.45. The van der Waals surface area contributed by atoms with Gasteiger partial charge in [-0.25, -0.2) is 0 Å². The Morgan fingerprint density at radius 3 is 1.67 bits per heavy atom. The molecule has 15 heavy (non-hydrogen) atoms. The Balaban J connectivity index is 3.29. The maximum atomic E-state index is 2.50. The summed E-state index contributed by atoms with van der Waals surface area (Å²) in [5.41, 5.74) is 0. The molecule has 0 aromatic carbocycles. The van der Waals surface area contributed by atoms with Gasteiger partial charge in [0.05, 0.1) is 0 Å². The predicted molar refractivity (Wildman–Crippen MR) is 79.8 cm³/mol. The highest BCUT2D eigenvalue weighted by atomic mass is 127. The predicted octanol–water partition coefficient (Wildman–Crippen LogP) is 5.69. The van der Waals surface area contributed by atoms with Crippen LogP contribution >= 0.6 is 22.6 Å². The highest BCUT2D eigenvalue weighted by Gasteiger charge is 2.05. The third kappa shape index (κ3) is 11.0. The summed E-state index contributed by atoms with van der Waals surface area (Å²) in [6.07, 6.45) is 8.59. The van der Waals surface area contributed by atoms with Crippen LogP contribution in [-0.2, 0) is 0 Å². The van der Waals surface area contributed by atoms with Crippen LogP contribution in [-0.4, -0.2) is 4.43 Å². The van der Waals surface area contributed by atoms with Crippen LogP contribution in [0.4, 0.5) is 0 Å². The SMILES string of the molecule is CC(C)CCC[C@@H](C)CCC[C@H](C)CI. The average Bonchev–Trinajstić information content (AvgIpc) is 2.17. The van der Waals surface area contributed by atoms with Gasteiger partial charge in [0, 0.05) is 4.43 Å². The summed E-state index contributed by atoms with van der Waals surface area (Å²) >= 11 is 2.50. The Labute approximate surface area is 111 Å². The van der Waals surface area contributed by atoms with Crippen molar-refractivity contribution in [3.63, 3.8) is 0 Å². The third-order valence-electron chi connectivity index (χ3n) is 3.14. The minimum atomic E-state index is 0.885. The van der Waals surface area contributed by atoms with E-state index in [1.807, 2.05) is 0 Å². The normalized spacial score (nSPS) is 15.6. The van der Waals surface area contributed by atoms with Crippen molar-refractivity contribution in [2.24, 2.45) is 17.8 Å². The lowest BCUT2D eigenvalue weighted by atomic mass is 9.94. The largest absolute Gasteiger partial charge is 0.0861 e. The zero-order valence-corrected chi connectivity index (χ0v) is 13.2. The van der Waals surface area contributed by atoms with Crippen LogP contribution < -0.4 is 0 Å². The third-order valence-corrected chi connectivity index (χ3v) is 4.64. The highest BCUT2D eigenvalue weighted by Crippen LogP contribution is 2.19. The molecular weight excluding hydrogens is 295 g/mol. The van der Waals surface area contributed by atoms with Gasteiger partial charge in [-0.15, -0.1) is 0 Å². The molecule has 0 spiro atoms. The van der Waals surface area contributed by atoms with E-state index in [0.717, 1.165) is 17.8 Å². The molecular formula is C14H29I. The topological polar surface area (TPSA) is 0 Å². The van der Waals surface area contributed by atoms with E-state index in [9.17, 15) is 0 Å². The summed E-state index contributed by atoms with van der Waals surface area (Å²) in [7, 11) is 0. The second-order valence-corrected chi connectivity index (χ2v) is 6.50. The van der Waals surface area contributed by atoms with E-state index in [1.165, 1.54) is 43.0 Å². The number of hydrogen-bond acceptors (Lipinski definition) is 0. The van der Waals surface area contributed by atoms with Crippen molar-refractivity contribution >= 4 is 22.6 Å². The molecule has 0 saturated carbocycles. The lowest BCUT2D eigenvalue weighted by molar-refractivity contribution is 0.409. The maximum Gasteiger partial charge on any atom is 0.00210 e. The summed E-state index contributed by atoms with van der Waals surface area (Å²) in [4.78, 5) is 0. The van der Waals surface area contributed by atoms with E-state index in [2.05, 4.69) is 50.3 Å². The summed E-state index contributed by atoms with van der Waals surface area (Å²) in [5, 5.41) is 0. The molecule has 0 aliphatic rings. The van der Waals surface area contributed by atoms with E-state index in [0.29, 0.717) is 0 Å². The summed E-state index contributed by atoms with van der Waals surface area (Å²) in [5.74, 6) is 2.76. The van der Waals surface area contributed by atoms with Gasteiger partial charge in [0.15, 0.2) is 0 Å². The summed E-state index contributed by atoms with van der Waals surface area (Å²) in [6, 6.07) is 0. The zero-order chi connectivity index (χ0) is 11.7. The molecule has 0 amide bonds. The highest BCUT2D eigenvalue weighted by molar-refractivity contribution is 14.1. The lowest BCUT2D eigenvalue weighted by Crippen LogP contribution is -2.00. The molecule has 1 heteroatoms. The molecule has 0 heterocycles. The van der Waals surface area contributed by atoms with Gasteiger partial charge in [-0.1, -0.05) is 82.4 Å². The van der Waals surface area contributed by atoms with Gasteiger partial charge in [0.25, 0.3) is 0 Å². The molecule has 0 radical (unpaired) electrons. The van der Waals surface area contributed by atoms with Crippen LogP contribution in [0.15, 0.2) is 0 Å². The van der Waals surface area contributed by atoms with Gasteiger partial charge in [-0.2, -0.15) is 0 Å². The molecule has 2 atom stereocenters. The monoisotopic (exact) mass is 324 g/mol. The first-order valence-corrected chi connectivity index (χ1v) is 8.14. The van der Waals surface area contributed by atoms with Crippen molar-refractivity contribution < 1.29 is 0 Å². The van der Waals surface area contributed by atoms with Crippen LogP contribution in [0, 0.1) is 17.8 Å². The smallest absolute Gasteiger partial charge is 0.00210 e. The van der Waals surface area contributed by atoms with Crippen molar-refractivity contribution in [3.8, 4) is 0 Å². The van der Waals surface area contributed by atoms with E-state index in [1.54, 1.807) is 0 Å². The number of rotatable bonds is 9. The zero-order valence-electron chi connectivity index (χ0n) is 11.1. The van der Waals surface area contributed by atoms with Crippen LogP contribution in [0.25, 0.3) is 0 Å². The average molecular weight is 324 g/mol. The van der Waals surface area contributed by atoms with Crippen molar-refractivity contribution in [1.29, 1.82) is 0 Å². The van der Waals surface area contributed by atoms with E-state index >= 15 is 0 Å². The Bertz CT molecular complexity index is 131. The first-order valence-electron chi connectivity index (χ1n) is 6.62. The fourth-order valence-corrected chi connectivity index (χ4v) is 2.35. The van der Waals surface area contributed by atoms with Gasteiger partial charge in [0.2, 0.25) is 0 Å². The Morgan fingerprint density at radius 1 is 0.733 bits per heavy atom. The van der Waals surface area contributed by atoms with Crippen molar-refractivity contribution in [2.45, 2.75) is 66.2 Å². The number of hydrogen-bond donors (Lipinski definition) is 0. The molecule has 0 bridgehead atoms. The molecule has 0 unspecified atom stereocenters. The minimum absolute atomic E-state index is 0.885. The van der Waals surface area contributed by atoms with Crippen molar-refractivity contribution in [3.05, 3.63) is 0 Å². The minimum Gasteiger partial charge on any atom is -0.0861 e. The van der Waals surface area contributed by atoms with Gasteiger partial charge >= 0.3 is 0 Å². The fourth-order valence-electron chi connectivity index (χ4n) is 1.91. The first-order chi connectivity index (χ1) is 7.06. The molecule has 92 valence electrons. The maximum absolute atomic E-state index is 2.50. The lowest BCUT2D eigenvalue weighted by Gasteiger charge is -2.13. The van der Waals surface area contributed by atoms with Gasteiger partial charge in [-0.3, -0.25) is 0 Å². The van der Waals surface area contributed by atoms with Crippen molar-refractivity contribution in [2.75, 3.05) is 4.43 Å². The Morgan fingerprint density at radius 2 is 1.20 bits per heavy atom. The fraction of sp³-hybridized carbons (Fsp3) is 1.00. The van der Waals surface area contributed by atoms with E-state index in [4.69, 9.17) is 0 Å². The van der Waals surface area contributed by atoms with Gasteiger partial charge < -0.3 is 0 Å². The van der Waals surface area contributed by atoms with Crippen LogP contribution in [0.5, 0.6) is 0 Å². The molecule has 0 N–H and O–H groups in total. The van der Waals surface area contributed by atoms with E-state index in [-0.39, 0.29) is 0 Å². The standard InChI is InChI=1S/C14H29I/c1-12(2)7-5-8-13(3)9-6-10-14(4)11-15/h12-14H,5-11H2,1-4H3/t13-,14+/m1/s1.